The van der Waals surface area contributed by atoms with Crippen LogP contribution in [-0.4, -0.2) is 23.9 Å². The molecule has 0 bridgehead atoms. The molecule has 1 saturated heterocycles. The van der Waals surface area contributed by atoms with Gasteiger partial charge in [0.2, 0.25) is 5.91 Å². The molecule has 2 rings (SSSR count). The fraction of sp³-hybridized carbons (Fsp3) is 0.500. The summed E-state index contributed by atoms with van der Waals surface area (Å²) >= 11 is 0. The van der Waals surface area contributed by atoms with Crippen molar-refractivity contribution in [1.29, 1.82) is 0 Å². The molecule has 2 nitrogen and oxygen atoms in total. The van der Waals surface area contributed by atoms with Gasteiger partial charge in [-0.05, 0) is 17.7 Å². The number of hydrogen-bond acceptors (Lipinski definition) is 1. The number of halogens is 2. The zero-order valence-electron chi connectivity index (χ0n) is 10.8. The molecular weight excluding hydrogens is 236 g/mol. The average molecular weight is 253 g/mol. The van der Waals surface area contributed by atoms with Crippen LogP contribution in [0, 0.1) is 17.0 Å². The summed E-state index contributed by atoms with van der Waals surface area (Å²) in [6.07, 6.45) is 0. The predicted molar refractivity (Wildman–Crippen MR) is 65.1 cm³/mol. The molecule has 0 spiro atoms. The van der Waals surface area contributed by atoms with E-state index in [4.69, 9.17) is 0 Å². The van der Waals surface area contributed by atoms with Crippen molar-refractivity contribution in [2.24, 2.45) is 5.41 Å². The number of nitrogens with zero attached hydrogens (tertiary/aromatic N) is 1. The van der Waals surface area contributed by atoms with Crippen molar-refractivity contribution >= 4 is 5.91 Å². The van der Waals surface area contributed by atoms with E-state index in [0.717, 1.165) is 11.6 Å². The highest BCUT2D eigenvalue weighted by Crippen LogP contribution is 2.31. The molecule has 0 unspecified atom stereocenters. The molecule has 0 atom stereocenters. The Morgan fingerprint density at radius 2 is 1.83 bits per heavy atom. The molecule has 18 heavy (non-hydrogen) atoms. The van der Waals surface area contributed by atoms with E-state index in [9.17, 15) is 13.6 Å². The van der Waals surface area contributed by atoms with Crippen LogP contribution in [-0.2, 0) is 4.79 Å². The van der Waals surface area contributed by atoms with Crippen molar-refractivity contribution in [1.82, 2.24) is 4.90 Å². The Balaban J connectivity index is 2.01. The van der Waals surface area contributed by atoms with Gasteiger partial charge in [-0.15, -0.1) is 0 Å². The first-order valence-corrected chi connectivity index (χ1v) is 6.03. The van der Waals surface area contributed by atoms with E-state index in [2.05, 4.69) is 0 Å². The number of benzene rings is 1. The largest absolute Gasteiger partial charge is 0.341 e. The maximum absolute atomic E-state index is 13.1. The van der Waals surface area contributed by atoms with Crippen LogP contribution < -0.4 is 0 Å². The third kappa shape index (κ3) is 2.37. The van der Waals surface area contributed by atoms with Gasteiger partial charge in [-0.2, -0.15) is 0 Å². The minimum absolute atomic E-state index is 0.0985. The first kappa shape index (κ1) is 13.0. The monoisotopic (exact) mass is 253 g/mol. The fourth-order valence-corrected chi connectivity index (χ4v) is 2.10. The molecule has 1 aromatic rings. The molecule has 1 amide bonds. The van der Waals surface area contributed by atoms with E-state index in [-0.39, 0.29) is 17.2 Å². The topological polar surface area (TPSA) is 20.3 Å². The van der Waals surface area contributed by atoms with Crippen molar-refractivity contribution in [3.63, 3.8) is 0 Å². The third-order valence-corrected chi connectivity index (χ3v) is 3.23. The van der Waals surface area contributed by atoms with Crippen LogP contribution in [0.1, 0.15) is 32.3 Å². The molecule has 1 fully saturated rings. The Hall–Kier alpha value is -1.45. The van der Waals surface area contributed by atoms with Crippen molar-refractivity contribution in [2.75, 3.05) is 13.1 Å². The molecule has 4 heteroatoms. The zero-order chi connectivity index (χ0) is 13.5. The van der Waals surface area contributed by atoms with Gasteiger partial charge in [0.1, 0.15) is 0 Å². The lowest BCUT2D eigenvalue weighted by atomic mass is 9.87. The number of rotatable bonds is 1. The van der Waals surface area contributed by atoms with Crippen molar-refractivity contribution in [3.8, 4) is 0 Å². The summed E-state index contributed by atoms with van der Waals surface area (Å²) in [5.74, 6) is -1.44. The molecule has 1 aliphatic rings. The summed E-state index contributed by atoms with van der Waals surface area (Å²) in [7, 11) is 0. The molecule has 0 saturated carbocycles. The Morgan fingerprint density at radius 1 is 1.22 bits per heavy atom. The van der Waals surface area contributed by atoms with E-state index in [0.29, 0.717) is 13.1 Å². The highest BCUT2D eigenvalue weighted by molar-refractivity contribution is 5.82. The SMILES string of the molecule is CC(C)(C)C(=O)N1CC(c2ccc(F)c(F)c2)C1. The zero-order valence-corrected chi connectivity index (χ0v) is 10.8. The second-order valence-corrected chi connectivity index (χ2v) is 5.83. The summed E-state index contributed by atoms with van der Waals surface area (Å²) < 4.78 is 25.9. The van der Waals surface area contributed by atoms with Gasteiger partial charge < -0.3 is 4.90 Å². The van der Waals surface area contributed by atoms with Crippen LogP contribution in [0.2, 0.25) is 0 Å². The van der Waals surface area contributed by atoms with E-state index in [1.165, 1.54) is 6.07 Å². The molecule has 0 aliphatic carbocycles. The first-order valence-electron chi connectivity index (χ1n) is 6.03. The van der Waals surface area contributed by atoms with E-state index in [1.807, 2.05) is 20.8 Å². The van der Waals surface area contributed by atoms with Crippen LogP contribution in [0.5, 0.6) is 0 Å². The standard InChI is InChI=1S/C14H17F2NO/c1-14(2,3)13(18)17-7-10(8-17)9-4-5-11(15)12(16)6-9/h4-6,10H,7-8H2,1-3H3. The lowest BCUT2D eigenvalue weighted by Gasteiger charge is -2.42. The molecular formula is C14H17F2NO. The van der Waals surface area contributed by atoms with Crippen LogP contribution in [0.25, 0.3) is 0 Å². The van der Waals surface area contributed by atoms with Crippen LogP contribution in [0.3, 0.4) is 0 Å². The molecule has 0 aromatic heterocycles. The molecule has 0 N–H and O–H groups in total. The predicted octanol–water partition coefficient (Wildman–Crippen LogP) is 2.94. The van der Waals surface area contributed by atoms with Crippen molar-refractivity contribution < 1.29 is 13.6 Å². The summed E-state index contributed by atoms with van der Waals surface area (Å²) in [6, 6.07) is 3.94. The van der Waals surface area contributed by atoms with Gasteiger partial charge >= 0.3 is 0 Å². The first-order chi connectivity index (χ1) is 8.29. The quantitative estimate of drug-likeness (QED) is 0.753. The van der Waals surface area contributed by atoms with Crippen molar-refractivity contribution in [3.05, 3.63) is 35.4 Å². The fourth-order valence-electron chi connectivity index (χ4n) is 2.10. The summed E-state index contributed by atoms with van der Waals surface area (Å²) in [5, 5.41) is 0. The summed E-state index contributed by atoms with van der Waals surface area (Å²) in [4.78, 5) is 13.7. The Labute approximate surface area is 106 Å². The average Bonchev–Trinajstić information content (AvgIpc) is 2.19. The van der Waals surface area contributed by atoms with Gasteiger partial charge in [0.15, 0.2) is 11.6 Å². The van der Waals surface area contributed by atoms with Crippen LogP contribution in [0.15, 0.2) is 18.2 Å². The molecule has 1 aliphatic heterocycles. The normalized spacial score (nSPS) is 16.6. The highest BCUT2D eigenvalue weighted by atomic mass is 19.2. The Bertz CT molecular complexity index is 473. The molecule has 1 aromatic carbocycles. The number of carbonyl (C=O) groups excluding carboxylic acids is 1. The highest BCUT2D eigenvalue weighted by Gasteiger charge is 2.36. The minimum atomic E-state index is -0.833. The smallest absolute Gasteiger partial charge is 0.227 e. The maximum atomic E-state index is 13.1. The summed E-state index contributed by atoms with van der Waals surface area (Å²) in [6.45, 7) is 6.79. The van der Waals surface area contributed by atoms with Crippen LogP contribution in [0.4, 0.5) is 8.78 Å². The molecule has 0 radical (unpaired) electrons. The number of amides is 1. The minimum Gasteiger partial charge on any atom is -0.341 e. The van der Waals surface area contributed by atoms with E-state index in [1.54, 1.807) is 11.0 Å². The maximum Gasteiger partial charge on any atom is 0.227 e. The van der Waals surface area contributed by atoms with Gasteiger partial charge in [-0.1, -0.05) is 26.8 Å². The molecule has 98 valence electrons. The second kappa shape index (κ2) is 4.34. The third-order valence-electron chi connectivity index (χ3n) is 3.23. The van der Waals surface area contributed by atoms with Gasteiger partial charge in [0, 0.05) is 24.4 Å². The summed E-state index contributed by atoms with van der Waals surface area (Å²) in [5.41, 5.74) is 0.366. The van der Waals surface area contributed by atoms with Gasteiger partial charge in [0.25, 0.3) is 0 Å². The van der Waals surface area contributed by atoms with Gasteiger partial charge in [-0.3, -0.25) is 4.79 Å². The lowest BCUT2D eigenvalue weighted by Crippen LogP contribution is -2.52. The Morgan fingerprint density at radius 3 is 2.33 bits per heavy atom. The van der Waals surface area contributed by atoms with Crippen molar-refractivity contribution in [2.45, 2.75) is 26.7 Å². The number of likely N-dealkylation sites (tertiary alicyclic amines) is 1. The number of carbonyl (C=O) groups is 1. The van der Waals surface area contributed by atoms with Gasteiger partial charge in [-0.25, -0.2) is 8.78 Å². The van der Waals surface area contributed by atoms with Gasteiger partial charge in [0.05, 0.1) is 0 Å². The van der Waals surface area contributed by atoms with E-state index >= 15 is 0 Å². The van der Waals surface area contributed by atoms with E-state index < -0.39 is 11.6 Å². The van der Waals surface area contributed by atoms with Crippen LogP contribution >= 0.6 is 0 Å². The second-order valence-electron chi connectivity index (χ2n) is 5.83. The lowest BCUT2D eigenvalue weighted by molar-refractivity contribution is -0.144. The molecule has 1 heterocycles. The Kier molecular flexibility index (Phi) is 3.13. The number of hydrogen-bond donors (Lipinski definition) is 0.